The fourth-order valence-electron chi connectivity index (χ4n) is 5.22. The van der Waals surface area contributed by atoms with Crippen molar-refractivity contribution in [1.82, 2.24) is 15.3 Å². The van der Waals surface area contributed by atoms with Gasteiger partial charge in [-0.2, -0.15) is 18.4 Å². The number of benzene rings is 1. The number of nitriles is 1. The summed E-state index contributed by atoms with van der Waals surface area (Å²) >= 11 is 0. The van der Waals surface area contributed by atoms with Crippen LogP contribution in [0.3, 0.4) is 0 Å². The first kappa shape index (κ1) is 26.7. The summed E-state index contributed by atoms with van der Waals surface area (Å²) in [6.07, 6.45) is 1.25. The van der Waals surface area contributed by atoms with Crippen molar-refractivity contribution in [3.05, 3.63) is 47.3 Å². The summed E-state index contributed by atoms with van der Waals surface area (Å²) in [5, 5.41) is 11.8. The molecule has 4 rings (SSSR count). The van der Waals surface area contributed by atoms with Gasteiger partial charge in [0.15, 0.2) is 0 Å². The minimum Gasteiger partial charge on any atom is -0.356 e. The highest BCUT2D eigenvalue weighted by molar-refractivity contribution is 5.85. The third-order valence-electron chi connectivity index (χ3n) is 7.23. The standard InChI is InChI=1S/C27H33F3N6O/c1-2-4-19-11-15-35(16-12-19)23-17-24(34-26(33-23)27(28,29)30)36-14-3-5-22(36)25(37)32-13-10-20-6-8-21(18-31)9-7-20/h6-9,17,19,22H,2-5,10-16H2,1H3,(H,32,37)/t22-/m0/s1. The number of halogens is 3. The number of piperidine rings is 1. The summed E-state index contributed by atoms with van der Waals surface area (Å²) in [6, 6.07) is 10.2. The second kappa shape index (κ2) is 11.8. The van der Waals surface area contributed by atoms with E-state index in [2.05, 4.69) is 28.3 Å². The van der Waals surface area contributed by atoms with Gasteiger partial charge in [0.1, 0.15) is 17.7 Å². The molecule has 2 aromatic rings. The van der Waals surface area contributed by atoms with Crippen LogP contribution in [0.1, 0.15) is 62.4 Å². The molecule has 10 heteroatoms. The third kappa shape index (κ3) is 6.70. The molecule has 0 radical (unpaired) electrons. The van der Waals surface area contributed by atoms with Crippen molar-refractivity contribution in [2.45, 2.75) is 64.1 Å². The SMILES string of the molecule is CCCC1CCN(c2cc(N3CCC[C@H]3C(=O)NCCc3ccc(C#N)cc3)nc(C(F)(F)F)n2)CC1. The van der Waals surface area contributed by atoms with E-state index in [0.29, 0.717) is 56.9 Å². The van der Waals surface area contributed by atoms with Gasteiger partial charge in [0.25, 0.3) is 0 Å². The minimum atomic E-state index is -4.68. The highest BCUT2D eigenvalue weighted by Gasteiger charge is 2.38. The van der Waals surface area contributed by atoms with Crippen LogP contribution >= 0.6 is 0 Å². The van der Waals surface area contributed by atoms with Gasteiger partial charge in [-0.15, -0.1) is 0 Å². The maximum atomic E-state index is 13.7. The highest BCUT2D eigenvalue weighted by atomic mass is 19.4. The normalized spacial score (nSPS) is 18.6. The molecule has 2 aliphatic heterocycles. The number of anilines is 2. The lowest BCUT2D eigenvalue weighted by Gasteiger charge is -2.34. The molecule has 1 amide bonds. The minimum absolute atomic E-state index is 0.151. The van der Waals surface area contributed by atoms with E-state index < -0.39 is 18.0 Å². The quantitative estimate of drug-likeness (QED) is 0.549. The van der Waals surface area contributed by atoms with Crippen LogP contribution in [0, 0.1) is 17.2 Å². The smallest absolute Gasteiger partial charge is 0.356 e. The molecule has 0 bridgehead atoms. The molecule has 1 aromatic carbocycles. The van der Waals surface area contributed by atoms with Crippen molar-refractivity contribution < 1.29 is 18.0 Å². The monoisotopic (exact) mass is 514 g/mol. The molecule has 1 atom stereocenters. The first-order chi connectivity index (χ1) is 17.8. The van der Waals surface area contributed by atoms with E-state index in [9.17, 15) is 18.0 Å². The van der Waals surface area contributed by atoms with Crippen molar-refractivity contribution in [1.29, 1.82) is 5.26 Å². The Morgan fingerprint density at radius 2 is 1.81 bits per heavy atom. The lowest BCUT2D eigenvalue weighted by molar-refractivity contribution is -0.144. The van der Waals surface area contributed by atoms with E-state index in [-0.39, 0.29) is 17.5 Å². The number of amides is 1. The van der Waals surface area contributed by atoms with Crippen molar-refractivity contribution in [2.75, 3.05) is 36.0 Å². The summed E-state index contributed by atoms with van der Waals surface area (Å²) in [5.74, 6) is -0.361. The van der Waals surface area contributed by atoms with Gasteiger partial charge in [-0.3, -0.25) is 4.79 Å². The van der Waals surface area contributed by atoms with Gasteiger partial charge in [0.05, 0.1) is 11.6 Å². The molecule has 1 N–H and O–H groups in total. The van der Waals surface area contributed by atoms with Gasteiger partial charge < -0.3 is 15.1 Å². The lowest BCUT2D eigenvalue weighted by Crippen LogP contribution is -2.44. The fraction of sp³-hybridized carbons (Fsp3) is 0.556. The van der Waals surface area contributed by atoms with Crippen LogP contribution in [0.4, 0.5) is 24.8 Å². The molecule has 2 aliphatic rings. The second-order valence-corrected chi connectivity index (χ2v) is 9.83. The second-order valence-electron chi connectivity index (χ2n) is 9.83. The average Bonchev–Trinajstić information content (AvgIpc) is 3.39. The van der Waals surface area contributed by atoms with E-state index in [1.54, 1.807) is 23.1 Å². The first-order valence-corrected chi connectivity index (χ1v) is 13.0. The third-order valence-corrected chi connectivity index (χ3v) is 7.23. The van der Waals surface area contributed by atoms with E-state index in [1.807, 2.05) is 17.0 Å². The van der Waals surface area contributed by atoms with Crippen LogP contribution in [0.15, 0.2) is 30.3 Å². The molecule has 0 saturated carbocycles. The van der Waals surface area contributed by atoms with Crippen LogP contribution in [0.5, 0.6) is 0 Å². The molecule has 0 aliphatic carbocycles. The molecule has 7 nitrogen and oxygen atoms in total. The zero-order valence-corrected chi connectivity index (χ0v) is 21.1. The number of rotatable bonds is 8. The van der Waals surface area contributed by atoms with Gasteiger partial charge >= 0.3 is 6.18 Å². The molecule has 2 fully saturated rings. The number of hydrogen-bond acceptors (Lipinski definition) is 6. The summed E-state index contributed by atoms with van der Waals surface area (Å²) < 4.78 is 41.2. The van der Waals surface area contributed by atoms with E-state index in [1.165, 1.54) is 0 Å². The van der Waals surface area contributed by atoms with Gasteiger partial charge in [-0.25, -0.2) is 9.97 Å². The maximum absolute atomic E-state index is 13.7. The summed E-state index contributed by atoms with van der Waals surface area (Å²) in [7, 11) is 0. The van der Waals surface area contributed by atoms with Crippen molar-refractivity contribution in [2.24, 2.45) is 5.92 Å². The molecule has 2 saturated heterocycles. The predicted molar refractivity (Wildman–Crippen MR) is 135 cm³/mol. The molecule has 198 valence electrons. The molecular weight excluding hydrogens is 481 g/mol. The van der Waals surface area contributed by atoms with E-state index in [4.69, 9.17) is 5.26 Å². The van der Waals surface area contributed by atoms with Crippen LogP contribution in [0.2, 0.25) is 0 Å². The van der Waals surface area contributed by atoms with Crippen LogP contribution in [-0.2, 0) is 17.4 Å². The van der Waals surface area contributed by atoms with Crippen molar-refractivity contribution in [3.8, 4) is 6.07 Å². The number of hydrogen-bond donors (Lipinski definition) is 1. The van der Waals surface area contributed by atoms with Crippen LogP contribution in [-0.4, -0.2) is 48.1 Å². The Hall–Kier alpha value is -3.35. The van der Waals surface area contributed by atoms with Gasteiger partial charge in [-0.05, 0) is 55.7 Å². The molecule has 1 aromatic heterocycles. The van der Waals surface area contributed by atoms with E-state index >= 15 is 0 Å². The Kier molecular flexibility index (Phi) is 8.52. The number of carbonyl (C=O) groups is 1. The molecule has 0 unspecified atom stereocenters. The number of carbonyl (C=O) groups excluding carboxylic acids is 1. The molecule has 3 heterocycles. The Morgan fingerprint density at radius 1 is 1.11 bits per heavy atom. The number of nitrogens with zero attached hydrogens (tertiary/aromatic N) is 5. The highest BCUT2D eigenvalue weighted by Crippen LogP contribution is 2.34. The van der Waals surface area contributed by atoms with Crippen molar-refractivity contribution >= 4 is 17.5 Å². The van der Waals surface area contributed by atoms with Gasteiger partial charge in [0.2, 0.25) is 11.7 Å². The summed E-state index contributed by atoms with van der Waals surface area (Å²) in [5.41, 5.74) is 1.56. The van der Waals surface area contributed by atoms with Crippen molar-refractivity contribution in [3.63, 3.8) is 0 Å². The largest absolute Gasteiger partial charge is 0.451 e. The average molecular weight is 515 g/mol. The van der Waals surface area contributed by atoms with Gasteiger partial charge in [-0.1, -0.05) is 31.9 Å². The Balaban J connectivity index is 1.46. The van der Waals surface area contributed by atoms with Crippen LogP contribution in [0.25, 0.3) is 0 Å². The number of alkyl halides is 3. The molecule has 0 spiro atoms. The number of aromatic nitrogens is 2. The van der Waals surface area contributed by atoms with E-state index in [0.717, 1.165) is 31.2 Å². The summed E-state index contributed by atoms with van der Waals surface area (Å²) in [6.45, 7) is 4.33. The first-order valence-electron chi connectivity index (χ1n) is 13.0. The topological polar surface area (TPSA) is 85.1 Å². The predicted octanol–water partition coefficient (Wildman–Crippen LogP) is 4.71. The van der Waals surface area contributed by atoms with Gasteiger partial charge in [0, 0.05) is 32.2 Å². The lowest BCUT2D eigenvalue weighted by atomic mass is 9.92. The Labute approximate surface area is 215 Å². The Bertz CT molecular complexity index is 1110. The number of nitrogens with one attached hydrogen (secondary N) is 1. The Morgan fingerprint density at radius 3 is 2.46 bits per heavy atom. The maximum Gasteiger partial charge on any atom is 0.451 e. The fourth-order valence-corrected chi connectivity index (χ4v) is 5.22. The molecular formula is C27H33F3N6O. The molecule has 37 heavy (non-hydrogen) atoms. The zero-order valence-electron chi connectivity index (χ0n) is 21.1. The van der Waals surface area contributed by atoms with Crippen LogP contribution < -0.4 is 15.1 Å². The zero-order chi connectivity index (χ0) is 26.4. The summed E-state index contributed by atoms with van der Waals surface area (Å²) in [4.78, 5) is 24.3.